The highest BCUT2D eigenvalue weighted by Gasteiger charge is 2.38. The van der Waals surface area contributed by atoms with Gasteiger partial charge in [0.05, 0.1) is 11.8 Å². The zero-order valence-electron chi connectivity index (χ0n) is 9.46. The van der Waals surface area contributed by atoms with E-state index in [0.717, 1.165) is 6.42 Å². The lowest BCUT2D eigenvalue weighted by Gasteiger charge is -2.14. The molecule has 0 radical (unpaired) electrons. The van der Waals surface area contributed by atoms with Gasteiger partial charge in [0.1, 0.15) is 6.33 Å². The first-order chi connectivity index (χ1) is 8.09. The standard InChI is InChI=1S/C10H14N4O3/c1-14-10(11-5-12-14)13-8(15)6-3-2-4-7(6)9(16)17/h5-7H,2-4H2,1H3,(H,16,17)(H,11,12,13,15). The first-order valence-corrected chi connectivity index (χ1v) is 5.47. The molecule has 1 saturated carbocycles. The number of anilines is 1. The van der Waals surface area contributed by atoms with Crippen LogP contribution in [0.4, 0.5) is 5.95 Å². The van der Waals surface area contributed by atoms with Gasteiger partial charge in [0, 0.05) is 7.05 Å². The lowest BCUT2D eigenvalue weighted by atomic mass is 9.95. The van der Waals surface area contributed by atoms with Crippen molar-refractivity contribution in [3.63, 3.8) is 0 Å². The highest BCUT2D eigenvalue weighted by atomic mass is 16.4. The average Bonchev–Trinajstić information content (AvgIpc) is 2.87. The van der Waals surface area contributed by atoms with Crippen molar-refractivity contribution in [2.75, 3.05) is 5.32 Å². The summed E-state index contributed by atoms with van der Waals surface area (Å²) in [6.45, 7) is 0. The zero-order valence-corrected chi connectivity index (χ0v) is 9.46. The van der Waals surface area contributed by atoms with Gasteiger partial charge in [-0.2, -0.15) is 10.1 Å². The molecule has 0 spiro atoms. The number of aliphatic carboxylic acids is 1. The predicted octanol–water partition coefficient (Wildman–Crippen LogP) is 0.254. The Kier molecular flexibility index (Phi) is 3.08. The summed E-state index contributed by atoms with van der Waals surface area (Å²) in [5.74, 6) is -1.90. The molecule has 2 rings (SSSR count). The van der Waals surface area contributed by atoms with Crippen LogP contribution in [0.2, 0.25) is 0 Å². The monoisotopic (exact) mass is 238 g/mol. The number of nitrogens with one attached hydrogen (secondary N) is 1. The molecule has 2 atom stereocenters. The molecule has 1 amide bonds. The number of aromatic nitrogens is 3. The minimum Gasteiger partial charge on any atom is -0.481 e. The molecule has 1 fully saturated rings. The Labute approximate surface area is 97.8 Å². The van der Waals surface area contributed by atoms with Crippen LogP contribution in [0.3, 0.4) is 0 Å². The lowest BCUT2D eigenvalue weighted by molar-refractivity contribution is -0.145. The van der Waals surface area contributed by atoms with E-state index >= 15 is 0 Å². The van der Waals surface area contributed by atoms with Crippen LogP contribution in [-0.4, -0.2) is 31.7 Å². The van der Waals surface area contributed by atoms with Gasteiger partial charge in [-0.05, 0) is 12.8 Å². The second-order valence-corrected chi connectivity index (χ2v) is 4.18. The fraction of sp³-hybridized carbons (Fsp3) is 0.600. The number of carboxylic acid groups (broad SMARTS) is 1. The number of carbonyl (C=O) groups is 2. The maximum Gasteiger partial charge on any atom is 0.307 e. The van der Waals surface area contributed by atoms with Gasteiger partial charge in [-0.3, -0.25) is 14.9 Å². The van der Waals surface area contributed by atoms with Crippen molar-refractivity contribution in [1.29, 1.82) is 0 Å². The Balaban J connectivity index is 2.05. The third-order valence-corrected chi connectivity index (χ3v) is 3.12. The van der Waals surface area contributed by atoms with Crippen LogP contribution in [0.15, 0.2) is 6.33 Å². The summed E-state index contributed by atoms with van der Waals surface area (Å²) in [6, 6.07) is 0. The van der Waals surface area contributed by atoms with Crippen LogP contribution in [0.25, 0.3) is 0 Å². The third-order valence-electron chi connectivity index (χ3n) is 3.12. The smallest absolute Gasteiger partial charge is 0.307 e. The van der Waals surface area contributed by atoms with Gasteiger partial charge in [0.15, 0.2) is 0 Å². The molecule has 1 aliphatic carbocycles. The maximum atomic E-state index is 11.9. The van der Waals surface area contributed by atoms with E-state index < -0.39 is 17.8 Å². The van der Waals surface area contributed by atoms with E-state index in [4.69, 9.17) is 5.11 Å². The first kappa shape index (κ1) is 11.6. The Morgan fingerprint density at radius 3 is 2.76 bits per heavy atom. The number of rotatable bonds is 3. The Hall–Kier alpha value is -1.92. The molecule has 92 valence electrons. The maximum absolute atomic E-state index is 11.9. The van der Waals surface area contributed by atoms with Crippen molar-refractivity contribution in [2.24, 2.45) is 18.9 Å². The quantitative estimate of drug-likeness (QED) is 0.787. The summed E-state index contributed by atoms with van der Waals surface area (Å²) < 4.78 is 1.43. The Morgan fingerprint density at radius 1 is 1.47 bits per heavy atom. The van der Waals surface area contributed by atoms with Crippen molar-refractivity contribution in [2.45, 2.75) is 19.3 Å². The van der Waals surface area contributed by atoms with Crippen LogP contribution >= 0.6 is 0 Å². The molecule has 0 aromatic carbocycles. The van der Waals surface area contributed by atoms with Crippen molar-refractivity contribution in [3.8, 4) is 0 Å². The number of hydrogen-bond donors (Lipinski definition) is 2. The molecular weight excluding hydrogens is 224 g/mol. The molecule has 0 aliphatic heterocycles. The molecule has 1 aromatic heterocycles. The summed E-state index contributed by atoms with van der Waals surface area (Å²) >= 11 is 0. The average molecular weight is 238 g/mol. The summed E-state index contributed by atoms with van der Waals surface area (Å²) in [4.78, 5) is 26.8. The number of carbonyl (C=O) groups excluding carboxylic acids is 1. The van der Waals surface area contributed by atoms with E-state index in [0.29, 0.717) is 18.8 Å². The highest BCUT2D eigenvalue weighted by molar-refractivity contribution is 5.94. The van der Waals surface area contributed by atoms with Gasteiger partial charge in [-0.1, -0.05) is 6.42 Å². The van der Waals surface area contributed by atoms with Crippen LogP contribution in [-0.2, 0) is 16.6 Å². The van der Waals surface area contributed by atoms with Crippen molar-refractivity contribution < 1.29 is 14.7 Å². The fourth-order valence-electron chi connectivity index (χ4n) is 2.18. The number of nitrogens with zero attached hydrogens (tertiary/aromatic N) is 3. The number of amides is 1. The minimum absolute atomic E-state index is 0.286. The Bertz CT molecular complexity index is 443. The third kappa shape index (κ3) is 2.27. The zero-order chi connectivity index (χ0) is 12.4. The van der Waals surface area contributed by atoms with Crippen LogP contribution in [0, 0.1) is 11.8 Å². The van der Waals surface area contributed by atoms with Crippen molar-refractivity contribution >= 4 is 17.8 Å². The molecule has 2 unspecified atom stereocenters. The second kappa shape index (κ2) is 4.52. The van der Waals surface area contributed by atoms with E-state index in [-0.39, 0.29) is 5.91 Å². The molecule has 2 N–H and O–H groups in total. The minimum atomic E-state index is -0.902. The molecule has 0 bridgehead atoms. The van der Waals surface area contributed by atoms with E-state index in [9.17, 15) is 9.59 Å². The highest BCUT2D eigenvalue weighted by Crippen LogP contribution is 2.32. The van der Waals surface area contributed by atoms with Crippen LogP contribution < -0.4 is 5.32 Å². The molecule has 1 heterocycles. The van der Waals surface area contributed by atoms with Crippen molar-refractivity contribution in [3.05, 3.63) is 6.33 Å². The molecule has 0 saturated heterocycles. The molecule has 1 aromatic rings. The first-order valence-electron chi connectivity index (χ1n) is 5.47. The second-order valence-electron chi connectivity index (χ2n) is 4.18. The molecule has 7 nitrogen and oxygen atoms in total. The van der Waals surface area contributed by atoms with E-state index in [2.05, 4.69) is 15.4 Å². The van der Waals surface area contributed by atoms with Gasteiger partial charge in [0.25, 0.3) is 0 Å². The number of hydrogen-bond acceptors (Lipinski definition) is 4. The largest absolute Gasteiger partial charge is 0.481 e. The van der Waals surface area contributed by atoms with Gasteiger partial charge in [-0.25, -0.2) is 4.68 Å². The van der Waals surface area contributed by atoms with E-state index in [1.54, 1.807) is 7.05 Å². The fourth-order valence-corrected chi connectivity index (χ4v) is 2.18. The summed E-state index contributed by atoms with van der Waals surface area (Å²) in [7, 11) is 1.66. The van der Waals surface area contributed by atoms with Gasteiger partial charge >= 0.3 is 5.97 Å². The van der Waals surface area contributed by atoms with Crippen molar-refractivity contribution in [1.82, 2.24) is 14.8 Å². The Morgan fingerprint density at radius 2 is 2.18 bits per heavy atom. The van der Waals surface area contributed by atoms with Gasteiger partial charge in [0.2, 0.25) is 11.9 Å². The van der Waals surface area contributed by atoms with E-state index in [1.807, 2.05) is 0 Å². The van der Waals surface area contributed by atoms with E-state index in [1.165, 1.54) is 11.0 Å². The predicted molar refractivity (Wildman–Crippen MR) is 58.1 cm³/mol. The molecule has 7 heteroatoms. The SMILES string of the molecule is Cn1ncnc1NC(=O)C1CCCC1C(=O)O. The summed E-state index contributed by atoms with van der Waals surface area (Å²) in [5, 5.41) is 15.4. The van der Waals surface area contributed by atoms with Gasteiger partial charge in [-0.15, -0.1) is 0 Å². The van der Waals surface area contributed by atoms with Gasteiger partial charge < -0.3 is 5.11 Å². The van der Waals surface area contributed by atoms with Crippen LogP contribution in [0.1, 0.15) is 19.3 Å². The van der Waals surface area contributed by atoms with Crippen LogP contribution in [0.5, 0.6) is 0 Å². The summed E-state index contributed by atoms with van der Waals surface area (Å²) in [5.41, 5.74) is 0. The number of aryl methyl sites for hydroxylation is 1. The topological polar surface area (TPSA) is 97.1 Å². The number of carboxylic acids is 1. The molecule has 1 aliphatic rings. The normalized spacial score (nSPS) is 23.6. The molecule has 17 heavy (non-hydrogen) atoms. The lowest BCUT2D eigenvalue weighted by Crippen LogP contribution is -2.30. The molecular formula is C10H14N4O3. The summed E-state index contributed by atoms with van der Waals surface area (Å²) in [6.07, 6.45) is 3.28.